The molecule has 2 aliphatic rings. The molecule has 1 aromatic heterocycles. The van der Waals surface area contributed by atoms with Crippen LogP contribution in [0, 0.1) is 0 Å². The molecule has 0 spiro atoms. The van der Waals surface area contributed by atoms with Crippen LogP contribution in [0.15, 0.2) is 70.6 Å². The van der Waals surface area contributed by atoms with Crippen LogP contribution < -0.4 is 14.4 Å². The zero-order valence-electron chi connectivity index (χ0n) is 23.8. The van der Waals surface area contributed by atoms with E-state index in [9.17, 15) is 14.7 Å². The first-order chi connectivity index (χ1) is 21.2. The third-order valence-corrected chi connectivity index (χ3v) is 9.92. The van der Waals surface area contributed by atoms with Gasteiger partial charge in [-0.15, -0.1) is 10.2 Å². The molecule has 6 rings (SSSR count). The number of ether oxygens (including phenoxy) is 2. The van der Waals surface area contributed by atoms with Gasteiger partial charge in [-0.1, -0.05) is 71.4 Å². The number of fused-ring (bicyclic) bond motifs is 1. The van der Waals surface area contributed by atoms with Crippen LogP contribution in [0.1, 0.15) is 48.6 Å². The zero-order valence-corrected chi connectivity index (χ0v) is 26.9. The smallest absolute Gasteiger partial charge is 0.301 e. The standard InChI is InChI=1S/C32H27Cl2N3O5S2/c1-3-11-41-23-6-4-5-18(14-23)27-26(28(38)19-8-10-25-21(13-19)12-17(2)42-25)29(39)30(40)37(27)31-35-36-32(44-31)43-16-20-7-9-22(33)15-24(20)34/h4-10,13-15,17,27,38H,3,11-12,16H2,1-2H3/t17-,27-/m1/s1. The summed E-state index contributed by atoms with van der Waals surface area (Å²) >= 11 is 14.9. The van der Waals surface area contributed by atoms with Gasteiger partial charge in [-0.2, -0.15) is 0 Å². The van der Waals surface area contributed by atoms with Crippen molar-refractivity contribution in [1.82, 2.24) is 10.2 Å². The lowest BCUT2D eigenvalue weighted by molar-refractivity contribution is -0.132. The van der Waals surface area contributed by atoms with E-state index < -0.39 is 17.7 Å². The van der Waals surface area contributed by atoms with E-state index in [0.717, 1.165) is 23.3 Å². The van der Waals surface area contributed by atoms with E-state index >= 15 is 0 Å². The summed E-state index contributed by atoms with van der Waals surface area (Å²) in [6.45, 7) is 4.48. The van der Waals surface area contributed by atoms with Gasteiger partial charge in [0.1, 0.15) is 23.4 Å². The summed E-state index contributed by atoms with van der Waals surface area (Å²) in [7, 11) is 0. The molecule has 4 aromatic rings. The Morgan fingerprint density at radius 3 is 2.77 bits per heavy atom. The number of ketones is 1. The minimum Gasteiger partial charge on any atom is -0.507 e. The monoisotopic (exact) mass is 667 g/mol. The van der Waals surface area contributed by atoms with Gasteiger partial charge < -0.3 is 14.6 Å². The summed E-state index contributed by atoms with van der Waals surface area (Å²) in [4.78, 5) is 28.7. The number of amides is 1. The van der Waals surface area contributed by atoms with Crippen LogP contribution in [0.5, 0.6) is 11.5 Å². The highest BCUT2D eigenvalue weighted by molar-refractivity contribution is 8.00. The van der Waals surface area contributed by atoms with Crippen LogP contribution in [0.2, 0.25) is 10.0 Å². The van der Waals surface area contributed by atoms with Crippen LogP contribution in [0.3, 0.4) is 0 Å². The summed E-state index contributed by atoms with van der Waals surface area (Å²) in [5, 5.41) is 21.5. The molecule has 0 aliphatic carbocycles. The fraction of sp³-hybridized carbons (Fsp3) is 0.250. The molecule has 2 atom stereocenters. The van der Waals surface area contributed by atoms with Crippen LogP contribution in [-0.2, 0) is 21.8 Å². The zero-order chi connectivity index (χ0) is 31.0. The Morgan fingerprint density at radius 1 is 1.14 bits per heavy atom. The van der Waals surface area contributed by atoms with Crippen molar-refractivity contribution in [2.75, 3.05) is 11.5 Å². The number of carbonyl (C=O) groups is 2. The number of carbonyl (C=O) groups excluding carboxylic acids is 2. The number of aliphatic hydroxyl groups is 1. The number of thioether (sulfide) groups is 1. The van der Waals surface area contributed by atoms with Crippen LogP contribution >= 0.6 is 46.3 Å². The van der Waals surface area contributed by atoms with Gasteiger partial charge in [0.05, 0.1) is 18.2 Å². The lowest BCUT2D eigenvalue weighted by Crippen LogP contribution is -2.29. The van der Waals surface area contributed by atoms with E-state index in [1.807, 2.05) is 26.0 Å². The summed E-state index contributed by atoms with van der Waals surface area (Å²) in [6.07, 6.45) is 1.51. The average molecular weight is 669 g/mol. The van der Waals surface area contributed by atoms with E-state index in [1.165, 1.54) is 28.0 Å². The van der Waals surface area contributed by atoms with E-state index in [2.05, 4.69) is 10.2 Å². The van der Waals surface area contributed by atoms with Crippen LogP contribution in [0.4, 0.5) is 5.13 Å². The molecule has 2 aliphatic heterocycles. The summed E-state index contributed by atoms with van der Waals surface area (Å²) < 4.78 is 12.2. The number of hydrogen-bond donors (Lipinski definition) is 1. The lowest BCUT2D eigenvalue weighted by Gasteiger charge is -2.23. The third-order valence-electron chi connectivity index (χ3n) is 7.23. The number of Topliss-reactive ketones (excluding diaryl/α,β-unsaturated/α-hetero) is 1. The highest BCUT2D eigenvalue weighted by Crippen LogP contribution is 2.45. The van der Waals surface area contributed by atoms with E-state index in [0.29, 0.717) is 50.0 Å². The van der Waals surface area contributed by atoms with Gasteiger partial charge in [-0.25, -0.2) is 0 Å². The number of anilines is 1. The molecule has 0 saturated carbocycles. The molecule has 1 N–H and O–H groups in total. The molecule has 1 saturated heterocycles. The van der Waals surface area contributed by atoms with E-state index in [4.69, 9.17) is 32.7 Å². The number of rotatable bonds is 9. The predicted octanol–water partition coefficient (Wildman–Crippen LogP) is 7.88. The number of hydrogen-bond acceptors (Lipinski definition) is 9. The van der Waals surface area contributed by atoms with Gasteiger partial charge in [-0.05, 0) is 72.5 Å². The predicted molar refractivity (Wildman–Crippen MR) is 173 cm³/mol. The third kappa shape index (κ3) is 6.04. The molecule has 44 heavy (non-hydrogen) atoms. The van der Waals surface area contributed by atoms with Crippen molar-refractivity contribution in [2.24, 2.45) is 0 Å². The Morgan fingerprint density at radius 2 is 1.98 bits per heavy atom. The first-order valence-corrected chi connectivity index (χ1v) is 16.5. The molecule has 8 nitrogen and oxygen atoms in total. The van der Waals surface area contributed by atoms with Crippen molar-refractivity contribution in [3.05, 3.63) is 98.5 Å². The number of benzene rings is 3. The van der Waals surface area contributed by atoms with Gasteiger partial charge in [0.15, 0.2) is 4.34 Å². The Balaban J connectivity index is 1.39. The maximum atomic E-state index is 13.7. The number of nitrogens with zero attached hydrogens (tertiary/aromatic N) is 3. The quantitative estimate of drug-likeness (QED) is 0.0632. The first-order valence-electron chi connectivity index (χ1n) is 14.0. The normalized spacial score (nSPS) is 18.9. The van der Waals surface area contributed by atoms with Crippen LogP contribution in [-0.4, -0.2) is 39.7 Å². The van der Waals surface area contributed by atoms with Crippen molar-refractivity contribution in [2.45, 2.75) is 48.9 Å². The molecule has 3 heterocycles. The summed E-state index contributed by atoms with van der Waals surface area (Å²) in [5.74, 6) is -0.0466. The Bertz CT molecular complexity index is 1790. The second-order valence-corrected chi connectivity index (χ2v) is 13.4. The average Bonchev–Trinajstić information content (AvgIpc) is 3.70. The lowest BCUT2D eigenvalue weighted by atomic mass is 9.94. The molecule has 1 fully saturated rings. The fourth-order valence-corrected chi connectivity index (χ4v) is 7.63. The van der Waals surface area contributed by atoms with Crippen molar-refractivity contribution in [3.63, 3.8) is 0 Å². The molecule has 226 valence electrons. The second-order valence-electron chi connectivity index (χ2n) is 10.4. The maximum absolute atomic E-state index is 13.7. The first kappa shape index (κ1) is 30.5. The maximum Gasteiger partial charge on any atom is 0.301 e. The topological polar surface area (TPSA) is 102 Å². The van der Waals surface area contributed by atoms with Crippen LogP contribution in [0.25, 0.3) is 5.76 Å². The van der Waals surface area contributed by atoms with Gasteiger partial charge in [-0.3, -0.25) is 14.5 Å². The number of aromatic nitrogens is 2. The Kier molecular flexibility index (Phi) is 8.87. The Labute approximate surface area is 272 Å². The van der Waals surface area contributed by atoms with Crippen molar-refractivity contribution < 1.29 is 24.2 Å². The van der Waals surface area contributed by atoms with Gasteiger partial charge >= 0.3 is 5.91 Å². The highest BCUT2D eigenvalue weighted by Gasteiger charge is 2.48. The second kappa shape index (κ2) is 12.8. The van der Waals surface area contributed by atoms with Gasteiger partial charge in [0, 0.05) is 27.8 Å². The molecule has 3 aromatic carbocycles. The van der Waals surface area contributed by atoms with Gasteiger partial charge in [0.25, 0.3) is 5.78 Å². The molecular formula is C32H27Cl2N3O5S2. The minimum absolute atomic E-state index is 0.0130. The number of aliphatic hydroxyl groups excluding tert-OH is 1. The van der Waals surface area contributed by atoms with E-state index in [-0.39, 0.29) is 22.6 Å². The Hall–Kier alpha value is -3.57. The molecule has 12 heteroatoms. The highest BCUT2D eigenvalue weighted by atomic mass is 35.5. The SMILES string of the molecule is CCCOc1cccc([C@@H]2C(=C(O)c3ccc4c(c3)C[C@@H](C)O4)C(=O)C(=O)N2c2nnc(SCc3ccc(Cl)cc3Cl)s2)c1. The summed E-state index contributed by atoms with van der Waals surface area (Å²) in [6, 6.07) is 16.8. The fourth-order valence-electron chi connectivity index (χ4n) is 5.20. The van der Waals surface area contributed by atoms with Crippen molar-refractivity contribution in [1.29, 1.82) is 0 Å². The van der Waals surface area contributed by atoms with Crippen molar-refractivity contribution in [3.8, 4) is 11.5 Å². The van der Waals surface area contributed by atoms with E-state index in [1.54, 1.807) is 48.5 Å². The van der Waals surface area contributed by atoms with Crippen molar-refractivity contribution >= 4 is 68.9 Å². The molecule has 0 unspecified atom stereocenters. The molecule has 1 amide bonds. The molecule has 0 radical (unpaired) electrons. The minimum atomic E-state index is -0.958. The molecular weight excluding hydrogens is 641 g/mol. The van der Waals surface area contributed by atoms with Gasteiger partial charge in [0.2, 0.25) is 5.13 Å². The molecule has 0 bridgehead atoms. The summed E-state index contributed by atoms with van der Waals surface area (Å²) in [5.41, 5.74) is 2.78. The largest absolute Gasteiger partial charge is 0.507 e. The number of halogens is 2.